The zero-order valence-corrected chi connectivity index (χ0v) is 12.4. The largest absolute Gasteiger partial charge is 0.419 e. The first-order chi connectivity index (χ1) is 10.4. The second-order valence-corrected chi connectivity index (χ2v) is 4.69. The van der Waals surface area contributed by atoms with Crippen LogP contribution in [0.3, 0.4) is 0 Å². The normalized spacial score (nSPS) is 10.9. The number of nitro benzene ring substituents is 1. The Morgan fingerprint density at radius 1 is 1.36 bits per heavy atom. The van der Waals surface area contributed by atoms with E-state index in [4.69, 9.17) is 4.74 Å². The highest BCUT2D eigenvalue weighted by Gasteiger charge is 2.14. The molecule has 0 atom stereocenters. The summed E-state index contributed by atoms with van der Waals surface area (Å²) in [5.74, 6) is -0.211. The van der Waals surface area contributed by atoms with Gasteiger partial charge in [0.15, 0.2) is 5.75 Å². The Hall–Kier alpha value is -2.96. The highest BCUT2D eigenvalue weighted by molar-refractivity contribution is 5.89. The van der Waals surface area contributed by atoms with Gasteiger partial charge in [0, 0.05) is 19.2 Å². The number of aryl methyl sites for hydroxylation is 2. The van der Waals surface area contributed by atoms with E-state index in [1.54, 1.807) is 43.8 Å². The van der Waals surface area contributed by atoms with E-state index in [1.165, 1.54) is 12.1 Å². The fraction of sp³-hybridized carbons (Fsp3) is 0.200. The van der Waals surface area contributed by atoms with Gasteiger partial charge in [-0.25, -0.2) is 4.79 Å². The van der Waals surface area contributed by atoms with Crippen molar-refractivity contribution in [2.75, 3.05) is 0 Å². The summed E-state index contributed by atoms with van der Waals surface area (Å²) in [6.45, 7) is 3.52. The maximum Gasteiger partial charge on any atom is 0.336 e. The maximum absolute atomic E-state index is 11.9. The van der Waals surface area contributed by atoms with E-state index in [0.717, 1.165) is 11.8 Å². The smallest absolute Gasteiger partial charge is 0.336 e. The van der Waals surface area contributed by atoms with Gasteiger partial charge in [-0.05, 0) is 26.0 Å². The van der Waals surface area contributed by atoms with Gasteiger partial charge in [-0.15, -0.1) is 0 Å². The second-order valence-electron chi connectivity index (χ2n) is 4.69. The predicted octanol–water partition coefficient (Wildman–Crippen LogP) is 2.56. The van der Waals surface area contributed by atoms with Crippen LogP contribution in [0.1, 0.15) is 17.0 Å². The molecular formula is C15H15N3O4. The number of ether oxygens (including phenoxy) is 1. The molecule has 0 radical (unpaired) electrons. The van der Waals surface area contributed by atoms with Crippen molar-refractivity contribution >= 4 is 17.7 Å². The highest BCUT2D eigenvalue weighted by atomic mass is 16.6. The molecular weight excluding hydrogens is 286 g/mol. The van der Waals surface area contributed by atoms with Crippen LogP contribution in [0.15, 0.2) is 30.3 Å². The molecule has 0 saturated carbocycles. The standard InChI is InChI=1S/C15H15N3O4/c1-10-15(11(2)17(3)16-10)22-14(19)9-8-12-6-4-5-7-13(12)18(20)21/h4-9H,1-3H3. The number of carbonyl (C=O) groups excluding carboxylic acids is 1. The summed E-state index contributed by atoms with van der Waals surface area (Å²) in [5, 5.41) is 15.0. The van der Waals surface area contributed by atoms with E-state index in [-0.39, 0.29) is 5.69 Å². The van der Waals surface area contributed by atoms with Gasteiger partial charge < -0.3 is 4.74 Å². The van der Waals surface area contributed by atoms with Crippen LogP contribution in [0, 0.1) is 24.0 Å². The Kier molecular flexibility index (Phi) is 4.36. The average Bonchev–Trinajstić information content (AvgIpc) is 2.72. The third-order valence-electron chi connectivity index (χ3n) is 3.18. The zero-order chi connectivity index (χ0) is 16.3. The molecule has 2 rings (SSSR count). The predicted molar refractivity (Wildman–Crippen MR) is 80.4 cm³/mol. The van der Waals surface area contributed by atoms with Crippen molar-refractivity contribution in [2.24, 2.45) is 7.05 Å². The summed E-state index contributed by atoms with van der Waals surface area (Å²) in [5.41, 5.74) is 1.60. The first kappa shape index (κ1) is 15.4. The lowest BCUT2D eigenvalue weighted by atomic mass is 10.1. The van der Waals surface area contributed by atoms with Gasteiger partial charge in [0.2, 0.25) is 0 Å². The Balaban J connectivity index is 2.17. The summed E-state index contributed by atoms with van der Waals surface area (Å²) in [7, 11) is 1.75. The molecule has 0 N–H and O–H groups in total. The Morgan fingerprint density at radius 3 is 2.64 bits per heavy atom. The van der Waals surface area contributed by atoms with Crippen molar-refractivity contribution in [1.29, 1.82) is 0 Å². The first-order valence-electron chi connectivity index (χ1n) is 6.53. The average molecular weight is 301 g/mol. The summed E-state index contributed by atoms with van der Waals surface area (Å²) in [4.78, 5) is 22.3. The molecule has 2 aromatic rings. The van der Waals surface area contributed by atoms with Crippen molar-refractivity contribution in [1.82, 2.24) is 9.78 Å². The Bertz CT molecular complexity index is 762. The second kappa shape index (κ2) is 6.21. The third kappa shape index (κ3) is 3.20. The molecule has 1 aromatic carbocycles. The van der Waals surface area contributed by atoms with Crippen LogP contribution in [0.25, 0.3) is 6.08 Å². The van der Waals surface area contributed by atoms with Crippen molar-refractivity contribution < 1.29 is 14.5 Å². The molecule has 0 aliphatic heterocycles. The maximum atomic E-state index is 11.9. The molecule has 0 aliphatic rings. The van der Waals surface area contributed by atoms with E-state index in [2.05, 4.69) is 5.10 Å². The van der Waals surface area contributed by atoms with E-state index >= 15 is 0 Å². The Morgan fingerprint density at radius 2 is 2.05 bits per heavy atom. The summed E-state index contributed by atoms with van der Waals surface area (Å²) < 4.78 is 6.85. The number of benzene rings is 1. The first-order valence-corrected chi connectivity index (χ1v) is 6.53. The topological polar surface area (TPSA) is 87.3 Å². The lowest BCUT2D eigenvalue weighted by molar-refractivity contribution is -0.385. The van der Waals surface area contributed by atoms with Crippen molar-refractivity contribution in [3.8, 4) is 5.75 Å². The van der Waals surface area contributed by atoms with Gasteiger partial charge >= 0.3 is 5.97 Å². The monoisotopic (exact) mass is 301 g/mol. The molecule has 0 fully saturated rings. The summed E-state index contributed by atoms with van der Waals surface area (Å²) in [6.07, 6.45) is 2.52. The fourth-order valence-electron chi connectivity index (χ4n) is 1.99. The van der Waals surface area contributed by atoms with E-state index < -0.39 is 10.9 Å². The van der Waals surface area contributed by atoms with Gasteiger partial charge in [0.05, 0.1) is 16.2 Å². The minimum atomic E-state index is -0.614. The molecule has 0 saturated heterocycles. The molecule has 22 heavy (non-hydrogen) atoms. The van der Waals surface area contributed by atoms with Crippen molar-refractivity contribution in [3.05, 3.63) is 57.4 Å². The molecule has 0 spiro atoms. The quantitative estimate of drug-likeness (QED) is 0.375. The lowest BCUT2D eigenvalue weighted by Crippen LogP contribution is -2.05. The number of nitrogens with zero attached hydrogens (tertiary/aromatic N) is 3. The van der Waals surface area contributed by atoms with E-state index in [0.29, 0.717) is 17.0 Å². The molecule has 0 aliphatic carbocycles. The van der Waals surface area contributed by atoms with Crippen LogP contribution in [0.5, 0.6) is 5.75 Å². The van der Waals surface area contributed by atoms with Gasteiger partial charge in [-0.2, -0.15) is 5.10 Å². The lowest BCUT2D eigenvalue weighted by Gasteiger charge is -2.01. The third-order valence-corrected chi connectivity index (χ3v) is 3.18. The molecule has 1 heterocycles. The van der Waals surface area contributed by atoms with Gasteiger partial charge in [-0.1, -0.05) is 12.1 Å². The van der Waals surface area contributed by atoms with Crippen molar-refractivity contribution in [3.63, 3.8) is 0 Å². The van der Waals surface area contributed by atoms with Crippen molar-refractivity contribution in [2.45, 2.75) is 13.8 Å². The molecule has 0 bridgehead atoms. The van der Waals surface area contributed by atoms with E-state index in [1.807, 2.05) is 0 Å². The van der Waals surface area contributed by atoms with Gasteiger partial charge in [-0.3, -0.25) is 14.8 Å². The number of rotatable bonds is 4. The number of carbonyl (C=O) groups is 1. The van der Waals surface area contributed by atoms with Crippen LogP contribution < -0.4 is 4.74 Å². The van der Waals surface area contributed by atoms with Crippen LogP contribution in [0.2, 0.25) is 0 Å². The van der Waals surface area contributed by atoms with Gasteiger partial charge in [0.25, 0.3) is 5.69 Å². The number of para-hydroxylation sites is 1. The number of nitro groups is 1. The number of hydrogen-bond donors (Lipinski definition) is 0. The minimum absolute atomic E-state index is 0.0692. The molecule has 0 amide bonds. The van der Waals surface area contributed by atoms with Crippen LogP contribution in [-0.2, 0) is 11.8 Å². The molecule has 0 unspecified atom stereocenters. The fourth-order valence-corrected chi connectivity index (χ4v) is 1.99. The Labute approximate surface area is 127 Å². The number of hydrogen-bond acceptors (Lipinski definition) is 5. The molecule has 7 heteroatoms. The molecule has 114 valence electrons. The zero-order valence-electron chi connectivity index (χ0n) is 12.4. The SMILES string of the molecule is Cc1nn(C)c(C)c1OC(=O)C=Cc1ccccc1[N+](=O)[O-]. The summed E-state index contributed by atoms with van der Waals surface area (Å²) >= 11 is 0. The van der Waals surface area contributed by atoms with Crippen LogP contribution in [-0.4, -0.2) is 20.7 Å². The molecule has 1 aromatic heterocycles. The van der Waals surface area contributed by atoms with Gasteiger partial charge in [0.1, 0.15) is 5.69 Å². The minimum Gasteiger partial charge on any atom is -0.419 e. The highest BCUT2D eigenvalue weighted by Crippen LogP contribution is 2.22. The number of aromatic nitrogens is 2. The van der Waals surface area contributed by atoms with E-state index in [9.17, 15) is 14.9 Å². The number of esters is 1. The van der Waals surface area contributed by atoms with Crippen LogP contribution in [0.4, 0.5) is 5.69 Å². The molecule has 7 nitrogen and oxygen atoms in total. The summed E-state index contributed by atoms with van der Waals surface area (Å²) in [6, 6.07) is 6.16. The van der Waals surface area contributed by atoms with Crippen LogP contribution >= 0.6 is 0 Å².